The van der Waals surface area contributed by atoms with Gasteiger partial charge in [-0.15, -0.1) is 0 Å². The van der Waals surface area contributed by atoms with E-state index in [-0.39, 0.29) is 23.0 Å². The van der Waals surface area contributed by atoms with Crippen LogP contribution in [0.5, 0.6) is 11.5 Å². The molecule has 4 aromatic rings. The van der Waals surface area contributed by atoms with Gasteiger partial charge in [0, 0.05) is 47.5 Å². The maximum Gasteiger partial charge on any atom is 0.336 e. The number of nitrogens with zero attached hydrogens (tertiary/aromatic N) is 1. The van der Waals surface area contributed by atoms with Gasteiger partial charge in [-0.1, -0.05) is 24.3 Å². The van der Waals surface area contributed by atoms with Crippen LogP contribution in [0.4, 0.5) is 4.39 Å². The van der Waals surface area contributed by atoms with Crippen molar-refractivity contribution >= 4 is 16.9 Å². The van der Waals surface area contributed by atoms with Gasteiger partial charge in [-0.25, -0.2) is 9.18 Å². The summed E-state index contributed by atoms with van der Waals surface area (Å²) in [6.45, 7) is 1.15. The van der Waals surface area contributed by atoms with Crippen molar-refractivity contribution < 1.29 is 28.9 Å². The summed E-state index contributed by atoms with van der Waals surface area (Å²) >= 11 is 0. The quantitative estimate of drug-likeness (QED) is 0.396. The van der Waals surface area contributed by atoms with Gasteiger partial charge in [0.15, 0.2) is 11.6 Å². The highest BCUT2D eigenvalue weighted by Crippen LogP contribution is 2.47. The van der Waals surface area contributed by atoms with Crippen LogP contribution < -0.4 is 4.74 Å². The largest absolute Gasteiger partial charge is 0.507 e. The van der Waals surface area contributed by atoms with Crippen molar-refractivity contribution in [3.8, 4) is 28.3 Å². The average molecular weight is 461 g/mol. The Kier molecular flexibility index (Phi) is 5.71. The highest BCUT2D eigenvalue weighted by Gasteiger charge is 2.30. The number of rotatable bonds is 5. The van der Waals surface area contributed by atoms with E-state index in [0.29, 0.717) is 40.9 Å². The Bertz CT molecular complexity index is 1390. The third kappa shape index (κ3) is 3.58. The number of carbonyl (C=O) groups is 1. The fourth-order valence-corrected chi connectivity index (χ4v) is 4.92. The number of aromatic nitrogens is 1. The molecule has 174 valence electrons. The number of hydrogen-bond donors (Lipinski definition) is 2. The number of aromatic carboxylic acids is 1. The van der Waals surface area contributed by atoms with Gasteiger partial charge in [0.25, 0.3) is 0 Å². The first-order valence-corrected chi connectivity index (χ1v) is 11.1. The van der Waals surface area contributed by atoms with Crippen molar-refractivity contribution in [2.75, 3.05) is 20.3 Å². The predicted octanol–water partition coefficient (Wildman–Crippen LogP) is 5.74. The lowest BCUT2D eigenvalue weighted by atomic mass is 9.88. The van der Waals surface area contributed by atoms with Crippen molar-refractivity contribution in [3.63, 3.8) is 0 Å². The first-order valence-electron chi connectivity index (χ1n) is 11.1. The van der Waals surface area contributed by atoms with E-state index in [1.54, 1.807) is 48.5 Å². The van der Waals surface area contributed by atoms with Crippen molar-refractivity contribution in [2.24, 2.45) is 0 Å². The number of methoxy groups -OCH3 is 1. The molecule has 0 amide bonds. The van der Waals surface area contributed by atoms with Gasteiger partial charge in [-0.05, 0) is 48.7 Å². The van der Waals surface area contributed by atoms with Crippen LogP contribution in [0, 0.1) is 5.82 Å². The van der Waals surface area contributed by atoms with Crippen LogP contribution in [-0.2, 0) is 4.74 Å². The summed E-state index contributed by atoms with van der Waals surface area (Å²) in [6, 6.07) is 16.7. The normalized spacial score (nSPS) is 14.4. The first kappa shape index (κ1) is 22.0. The van der Waals surface area contributed by atoms with Crippen molar-refractivity contribution in [2.45, 2.75) is 18.8 Å². The maximum atomic E-state index is 14.3. The number of hydrogen-bond acceptors (Lipinski definition) is 4. The van der Waals surface area contributed by atoms with Crippen molar-refractivity contribution in [1.29, 1.82) is 0 Å². The van der Waals surface area contributed by atoms with Crippen LogP contribution >= 0.6 is 0 Å². The van der Waals surface area contributed by atoms with E-state index in [0.717, 1.165) is 18.5 Å². The molecule has 0 radical (unpaired) electrons. The minimum Gasteiger partial charge on any atom is -0.507 e. The second-order valence-corrected chi connectivity index (χ2v) is 8.32. The molecule has 7 heteroatoms. The molecule has 0 atom stereocenters. The molecule has 6 nitrogen and oxygen atoms in total. The van der Waals surface area contributed by atoms with E-state index in [9.17, 15) is 19.4 Å². The fraction of sp³-hybridized carbons (Fsp3) is 0.222. The minimum absolute atomic E-state index is 0.0356. The van der Waals surface area contributed by atoms with Gasteiger partial charge in [0.05, 0.1) is 18.2 Å². The molecule has 0 spiro atoms. The van der Waals surface area contributed by atoms with Crippen LogP contribution in [0.25, 0.3) is 27.7 Å². The number of ether oxygens (including phenoxy) is 2. The number of carboxylic acid groups (broad SMARTS) is 1. The summed E-state index contributed by atoms with van der Waals surface area (Å²) in [5, 5.41) is 21.5. The van der Waals surface area contributed by atoms with E-state index in [1.165, 1.54) is 13.2 Å². The Morgan fingerprint density at radius 3 is 2.59 bits per heavy atom. The maximum absolute atomic E-state index is 14.3. The summed E-state index contributed by atoms with van der Waals surface area (Å²) in [7, 11) is 1.41. The lowest BCUT2D eigenvalue weighted by Crippen LogP contribution is -2.18. The zero-order valence-electron chi connectivity index (χ0n) is 18.6. The molecule has 0 bridgehead atoms. The molecular formula is C27H24FNO5. The Morgan fingerprint density at radius 1 is 1.09 bits per heavy atom. The predicted molar refractivity (Wildman–Crippen MR) is 127 cm³/mol. The lowest BCUT2D eigenvalue weighted by Gasteiger charge is -2.26. The number of halogens is 1. The second-order valence-electron chi connectivity index (χ2n) is 8.32. The van der Waals surface area contributed by atoms with E-state index in [4.69, 9.17) is 9.47 Å². The number of phenolic OH excluding ortho intramolecular Hbond substituents is 1. The van der Waals surface area contributed by atoms with Crippen molar-refractivity contribution in [3.05, 3.63) is 77.7 Å². The molecule has 1 aliphatic heterocycles. The summed E-state index contributed by atoms with van der Waals surface area (Å²) in [5.74, 6) is -1.34. The van der Waals surface area contributed by atoms with E-state index in [2.05, 4.69) is 0 Å². The highest BCUT2D eigenvalue weighted by atomic mass is 19.1. The van der Waals surface area contributed by atoms with E-state index in [1.807, 2.05) is 10.6 Å². The van der Waals surface area contributed by atoms with Crippen LogP contribution in [0.2, 0.25) is 0 Å². The monoisotopic (exact) mass is 461 g/mol. The molecule has 1 aromatic heterocycles. The number of benzene rings is 3. The van der Waals surface area contributed by atoms with Gasteiger partial charge >= 0.3 is 5.97 Å². The van der Waals surface area contributed by atoms with Crippen LogP contribution in [0.1, 0.15) is 34.8 Å². The third-order valence-corrected chi connectivity index (χ3v) is 6.44. The molecule has 2 N–H and O–H groups in total. The number of aromatic hydroxyl groups is 1. The molecule has 1 fully saturated rings. The lowest BCUT2D eigenvalue weighted by molar-refractivity contribution is 0.0697. The average Bonchev–Trinajstić information content (AvgIpc) is 3.21. The standard InChI is InChI=1S/C27H24FNO5/c1-33-23-15-17(9-10-20(23)28)29-21-7-4-8-22(30)25(21)24(26(29)16-11-13-34-14-12-16)18-5-2-3-6-19(18)27(31)32/h2-10,15-16,30H,11-14H2,1H3,(H,31,32). The Labute approximate surface area is 195 Å². The van der Waals surface area contributed by atoms with Gasteiger partial charge in [0.1, 0.15) is 5.75 Å². The molecule has 1 saturated heterocycles. The Balaban J connectivity index is 1.93. The molecule has 2 heterocycles. The van der Waals surface area contributed by atoms with Gasteiger partial charge in [-0.2, -0.15) is 0 Å². The molecule has 3 aromatic carbocycles. The number of phenols is 1. The number of carboxylic acids is 1. The molecule has 0 aliphatic carbocycles. The van der Waals surface area contributed by atoms with Gasteiger partial charge < -0.3 is 24.3 Å². The van der Waals surface area contributed by atoms with E-state index < -0.39 is 11.8 Å². The Hall–Kier alpha value is -3.84. The fourth-order valence-electron chi connectivity index (χ4n) is 4.92. The highest BCUT2D eigenvalue weighted by molar-refractivity contribution is 6.07. The summed E-state index contributed by atoms with van der Waals surface area (Å²) < 4.78 is 27.1. The summed E-state index contributed by atoms with van der Waals surface area (Å²) in [6.07, 6.45) is 1.47. The second kappa shape index (κ2) is 8.83. The topological polar surface area (TPSA) is 80.9 Å². The first-order chi connectivity index (χ1) is 16.5. The molecular weight excluding hydrogens is 437 g/mol. The minimum atomic E-state index is -1.05. The summed E-state index contributed by atoms with van der Waals surface area (Å²) in [4.78, 5) is 12.2. The molecule has 1 aliphatic rings. The van der Waals surface area contributed by atoms with Crippen LogP contribution in [0.15, 0.2) is 60.7 Å². The van der Waals surface area contributed by atoms with Crippen molar-refractivity contribution in [1.82, 2.24) is 4.57 Å². The third-order valence-electron chi connectivity index (χ3n) is 6.44. The van der Waals surface area contributed by atoms with Gasteiger partial charge in [-0.3, -0.25) is 0 Å². The zero-order chi connectivity index (χ0) is 23.8. The molecule has 5 rings (SSSR count). The molecule has 0 saturated carbocycles. The smallest absolute Gasteiger partial charge is 0.336 e. The number of fused-ring (bicyclic) bond motifs is 1. The molecule has 34 heavy (non-hydrogen) atoms. The van der Waals surface area contributed by atoms with Gasteiger partial charge in [0.2, 0.25) is 0 Å². The van der Waals surface area contributed by atoms with E-state index >= 15 is 0 Å². The van der Waals surface area contributed by atoms with Crippen LogP contribution in [-0.4, -0.2) is 41.1 Å². The van der Waals surface area contributed by atoms with Crippen LogP contribution in [0.3, 0.4) is 0 Å². The summed E-state index contributed by atoms with van der Waals surface area (Å²) in [5.41, 5.74) is 3.56. The molecule has 0 unspecified atom stereocenters. The zero-order valence-corrected chi connectivity index (χ0v) is 18.6. The SMILES string of the molecule is COc1cc(-n2c(C3CCOCC3)c(-c3ccccc3C(=O)O)c3c(O)cccc32)ccc1F. The Morgan fingerprint density at radius 2 is 1.85 bits per heavy atom.